The van der Waals surface area contributed by atoms with Crippen LogP contribution in [0.15, 0.2) is 84.5 Å². The van der Waals surface area contributed by atoms with Gasteiger partial charge < -0.3 is 28.4 Å². The number of pyridine rings is 5. The zero-order chi connectivity index (χ0) is 48.9. The molecule has 0 unspecified atom stereocenters. The summed E-state index contributed by atoms with van der Waals surface area (Å²) >= 11 is 1.49. The van der Waals surface area contributed by atoms with Crippen molar-refractivity contribution in [2.45, 2.75) is 93.0 Å². The van der Waals surface area contributed by atoms with Crippen LogP contribution >= 0.6 is 11.3 Å². The molecule has 6 rings (SSSR count). The van der Waals surface area contributed by atoms with Crippen LogP contribution in [0.25, 0.3) is 0 Å². The summed E-state index contributed by atoms with van der Waals surface area (Å²) in [4.78, 5) is 62.7. The lowest BCUT2D eigenvalue weighted by Gasteiger charge is -2.12. The Hall–Kier alpha value is -6.33. The number of carbonyl (C=O) groups is 3. The van der Waals surface area contributed by atoms with Crippen LogP contribution in [-0.4, -0.2) is 107 Å². The normalized spacial score (nSPS) is 12.0. The van der Waals surface area contributed by atoms with E-state index in [-0.39, 0.29) is 54.9 Å². The fourth-order valence-electron chi connectivity index (χ4n) is 5.76. The van der Waals surface area contributed by atoms with Crippen molar-refractivity contribution in [1.82, 2.24) is 29.9 Å². The summed E-state index contributed by atoms with van der Waals surface area (Å²) in [7, 11) is 4.90. The largest absolute Gasteiger partial charge is 0.491 e. The van der Waals surface area contributed by atoms with E-state index >= 15 is 0 Å². The second-order valence-electron chi connectivity index (χ2n) is 15.9. The minimum Gasteiger partial charge on any atom is -0.491 e. The van der Waals surface area contributed by atoms with Gasteiger partial charge in [-0.15, -0.1) is 11.3 Å². The third-order valence-electron chi connectivity index (χ3n) is 9.66. The average Bonchev–Trinajstić information content (AvgIpc) is 3.73. The van der Waals surface area contributed by atoms with E-state index in [1.54, 1.807) is 58.0 Å². The second kappa shape index (κ2) is 27.3. The molecule has 6 aromatic heterocycles. The number of hydrogen-bond acceptors (Lipinski definition) is 16. The molecule has 15 nitrogen and oxygen atoms in total. The van der Waals surface area contributed by atoms with Gasteiger partial charge in [-0.1, -0.05) is 12.1 Å². The van der Waals surface area contributed by atoms with Gasteiger partial charge in [-0.3, -0.25) is 24.4 Å². The Balaban J connectivity index is 0.000000219. The van der Waals surface area contributed by atoms with Crippen LogP contribution in [0.2, 0.25) is 0 Å². The van der Waals surface area contributed by atoms with Crippen LogP contribution in [0.1, 0.15) is 97.0 Å². The fraction of sp³-hybridized carbons (Fsp3) is 0.392. The van der Waals surface area contributed by atoms with Crippen LogP contribution in [-0.2, 0) is 33.5 Å². The SMILES string of the molecule is CO[C@@H](C)COc1cc(C)nc(C(=O)Cc2ccccn2)c1.CO[C@@H](C)COc1cc(C)nc(C(=O)Cc2nc(C)cs2)c1.CO[C@H](C)COc1cc(C)nc(C(=O)Cc2ccc(C)cn2)c1. The fourth-order valence-corrected chi connectivity index (χ4v) is 6.53. The smallest absolute Gasteiger partial charge is 0.188 e. The third kappa shape index (κ3) is 19.2. The van der Waals surface area contributed by atoms with Gasteiger partial charge in [0.2, 0.25) is 0 Å². The van der Waals surface area contributed by atoms with E-state index in [0.717, 1.165) is 44.7 Å². The molecule has 6 heterocycles. The molecule has 3 atom stereocenters. The molecule has 0 saturated heterocycles. The van der Waals surface area contributed by atoms with Crippen LogP contribution in [0.5, 0.6) is 17.2 Å². The van der Waals surface area contributed by atoms with Gasteiger partial charge in [-0.05, 0) is 79.2 Å². The van der Waals surface area contributed by atoms with Crippen LogP contribution < -0.4 is 14.2 Å². The maximum absolute atomic E-state index is 12.4. The van der Waals surface area contributed by atoms with Crippen molar-refractivity contribution in [3.63, 3.8) is 0 Å². The lowest BCUT2D eigenvalue weighted by Crippen LogP contribution is -2.16. The summed E-state index contributed by atoms with van der Waals surface area (Å²) < 4.78 is 32.4. The van der Waals surface area contributed by atoms with E-state index in [9.17, 15) is 14.4 Å². The van der Waals surface area contributed by atoms with Gasteiger partial charge in [0.25, 0.3) is 0 Å². The minimum atomic E-state index is -0.0768. The molecule has 0 aliphatic rings. The Morgan fingerprint density at radius 3 is 1.31 bits per heavy atom. The summed E-state index contributed by atoms with van der Waals surface area (Å²) in [5.74, 6) is 1.68. The van der Waals surface area contributed by atoms with Gasteiger partial charge in [0, 0.05) is 110 Å². The number of carbonyl (C=O) groups excluding carboxylic acids is 3. The number of Topliss-reactive ketones (excluding diaryl/α,β-unsaturated/α-hetero) is 3. The predicted molar refractivity (Wildman–Crippen MR) is 257 cm³/mol. The van der Waals surface area contributed by atoms with E-state index < -0.39 is 0 Å². The minimum absolute atomic E-state index is 0.00841. The molecule has 0 amide bonds. The molecule has 0 aliphatic carbocycles. The Kier molecular flexibility index (Phi) is 21.7. The van der Waals surface area contributed by atoms with Crippen LogP contribution in [0.3, 0.4) is 0 Å². The Labute approximate surface area is 397 Å². The molecule has 0 spiro atoms. The highest BCUT2D eigenvalue weighted by molar-refractivity contribution is 7.09. The number of hydrogen-bond donors (Lipinski definition) is 0. The van der Waals surface area contributed by atoms with Gasteiger partial charge in [-0.2, -0.15) is 0 Å². The zero-order valence-electron chi connectivity index (χ0n) is 40.3. The first-order chi connectivity index (χ1) is 32.0. The van der Waals surface area contributed by atoms with Crippen molar-refractivity contribution >= 4 is 28.7 Å². The highest BCUT2D eigenvalue weighted by Gasteiger charge is 2.16. The Morgan fingerprint density at radius 1 is 0.522 bits per heavy atom. The topological polar surface area (TPSA) is 184 Å². The number of aromatic nitrogens is 6. The van der Waals surface area contributed by atoms with Crippen molar-refractivity contribution in [2.75, 3.05) is 41.2 Å². The molecule has 67 heavy (non-hydrogen) atoms. The van der Waals surface area contributed by atoms with Crippen molar-refractivity contribution in [3.8, 4) is 17.2 Å². The summed E-state index contributed by atoms with van der Waals surface area (Å²) in [6.07, 6.45) is 4.12. The molecule has 0 bridgehead atoms. The molecule has 16 heteroatoms. The number of ether oxygens (including phenoxy) is 6. The molecule has 0 aromatic carbocycles. The maximum atomic E-state index is 12.4. The summed E-state index contributed by atoms with van der Waals surface area (Å²) in [6, 6.07) is 19.8. The van der Waals surface area contributed by atoms with E-state index in [1.165, 1.54) is 11.3 Å². The molecule has 0 radical (unpaired) electrons. The van der Waals surface area contributed by atoms with Gasteiger partial charge >= 0.3 is 0 Å². The van der Waals surface area contributed by atoms with Crippen molar-refractivity contribution in [3.05, 3.63) is 146 Å². The van der Waals surface area contributed by atoms with Crippen molar-refractivity contribution in [2.24, 2.45) is 0 Å². The highest BCUT2D eigenvalue weighted by atomic mass is 32.1. The van der Waals surface area contributed by atoms with Crippen LogP contribution in [0, 0.1) is 34.6 Å². The summed E-state index contributed by atoms with van der Waals surface area (Å²) in [6.45, 7) is 16.4. The second-order valence-corrected chi connectivity index (χ2v) is 16.8. The molecular formula is C51H62N6O9S. The van der Waals surface area contributed by atoms with E-state index in [2.05, 4.69) is 29.9 Å². The lowest BCUT2D eigenvalue weighted by molar-refractivity contribution is 0.0715. The molecule has 0 N–H and O–H groups in total. The molecule has 6 aromatic rings. The number of aryl methyl sites for hydroxylation is 5. The van der Waals surface area contributed by atoms with Gasteiger partial charge in [0.1, 0.15) is 59.2 Å². The van der Waals surface area contributed by atoms with Gasteiger partial charge in [-0.25, -0.2) is 19.9 Å². The number of methoxy groups -OCH3 is 3. The number of rotatable bonds is 21. The Morgan fingerprint density at radius 2 is 0.955 bits per heavy atom. The maximum Gasteiger partial charge on any atom is 0.188 e. The molecule has 0 fully saturated rings. The monoisotopic (exact) mass is 934 g/mol. The lowest BCUT2D eigenvalue weighted by atomic mass is 10.1. The zero-order valence-corrected chi connectivity index (χ0v) is 41.1. The molecular weight excluding hydrogens is 873 g/mol. The van der Waals surface area contributed by atoms with Gasteiger partial charge in [0.15, 0.2) is 17.3 Å². The highest BCUT2D eigenvalue weighted by Crippen LogP contribution is 2.20. The predicted octanol–water partition coefficient (Wildman–Crippen LogP) is 8.55. The Bertz CT molecular complexity index is 2500. The van der Waals surface area contributed by atoms with Crippen molar-refractivity contribution in [1.29, 1.82) is 0 Å². The van der Waals surface area contributed by atoms with Crippen LogP contribution in [0.4, 0.5) is 0 Å². The molecule has 0 saturated carbocycles. The van der Waals surface area contributed by atoms with E-state index in [1.807, 2.05) is 103 Å². The quantitative estimate of drug-likeness (QED) is 0.0625. The number of ketones is 3. The number of thiazole rings is 1. The first kappa shape index (κ1) is 53.3. The first-order valence-electron chi connectivity index (χ1n) is 21.8. The van der Waals surface area contributed by atoms with E-state index in [0.29, 0.717) is 54.2 Å². The van der Waals surface area contributed by atoms with Gasteiger partial charge in [0.05, 0.1) is 37.6 Å². The summed E-state index contributed by atoms with van der Waals surface area (Å²) in [5.41, 5.74) is 6.90. The molecule has 0 aliphatic heterocycles. The van der Waals surface area contributed by atoms with E-state index in [4.69, 9.17) is 28.4 Å². The third-order valence-corrected chi connectivity index (χ3v) is 10.6. The summed E-state index contributed by atoms with van der Waals surface area (Å²) in [5, 5.41) is 2.74. The number of nitrogens with zero attached hydrogens (tertiary/aromatic N) is 6. The first-order valence-corrected chi connectivity index (χ1v) is 22.7. The average molecular weight is 935 g/mol. The van der Waals surface area contributed by atoms with Crippen molar-refractivity contribution < 1.29 is 42.8 Å². The molecule has 356 valence electrons. The standard InChI is InChI=1S/C18H22N2O3.C17H20N2O3.C16H20N2O3S/c1-12-5-6-15(19-10-12)8-18(21)17-9-16(7-13(2)20-17)23-11-14(3)22-4;1-12-8-15(22-11-13(2)21-3)10-16(19-12)17(20)9-14-6-4-5-7-18-14;1-10-5-13(21-8-12(3)20-4)6-14(17-10)15(19)7-16-18-11(2)9-22-16/h5-7,9-10,14H,8,11H2,1-4H3;4-8,10,13H,9,11H2,1-3H3;5-6,9,12H,7-8H2,1-4H3/t14-;13-;12-/m100/s1.